The van der Waals surface area contributed by atoms with Crippen LogP contribution in [0.15, 0.2) is 36.9 Å². The molecule has 7 nitrogen and oxygen atoms in total. The number of hydrogen-bond acceptors (Lipinski definition) is 4. The first-order valence-corrected chi connectivity index (χ1v) is 9.00. The minimum absolute atomic E-state index is 0.0528. The van der Waals surface area contributed by atoms with Crippen molar-refractivity contribution in [1.29, 1.82) is 0 Å². The molecule has 0 aromatic heterocycles. The lowest BCUT2D eigenvalue weighted by molar-refractivity contribution is -0.126. The molecule has 2 atom stereocenters. The lowest BCUT2D eigenvalue weighted by atomic mass is 10.0. The van der Waals surface area contributed by atoms with Gasteiger partial charge in [-0.15, -0.1) is 0 Å². The molecule has 0 aliphatic heterocycles. The molecule has 1 aromatic rings. The molecule has 7 heteroatoms. The van der Waals surface area contributed by atoms with Crippen LogP contribution in [0.2, 0.25) is 0 Å². The van der Waals surface area contributed by atoms with Crippen molar-refractivity contribution in [3.05, 3.63) is 42.5 Å². The van der Waals surface area contributed by atoms with Gasteiger partial charge in [0.15, 0.2) is 0 Å². The molecule has 3 N–H and O–H groups in total. The molecular formula is C20H29N3O4. The summed E-state index contributed by atoms with van der Waals surface area (Å²) < 4.78 is 4.80. The summed E-state index contributed by atoms with van der Waals surface area (Å²) in [7, 11) is 0. The molecule has 0 saturated carbocycles. The summed E-state index contributed by atoms with van der Waals surface area (Å²) in [6.45, 7) is 9.55. The second-order valence-electron chi connectivity index (χ2n) is 6.56. The van der Waals surface area contributed by atoms with Gasteiger partial charge in [-0.3, -0.25) is 9.59 Å². The van der Waals surface area contributed by atoms with Crippen LogP contribution in [0.3, 0.4) is 0 Å². The van der Waals surface area contributed by atoms with Gasteiger partial charge in [0, 0.05) is 18.7 Å². The van der Waals surface area contributed by atoms with Gasteiger partial charge in [-0.05, 0) is 38.3 Å². The Morgan fingerprint density at radius 2 is 1.85 bits per heavy atom. The molecule has 1 rings (SSSR count). The Balaban J connectivity index is 2.29. The molecule has 3 amide bonds. The van der Waals surface area contributed by atoms with Crippen molar-refractivity contribution in [2.75, 3.05) is 18.5 Å². The molecule has 2 unspecified atom stereocenters. The van der Waals surface area contributed by atoms with E-state index in [2.05, 4.69) is 22.5 Å². The number of benzene rings is 1. The number of nitrogens with one attached hydrogen (secondary N) is 3. The molecular weight excluding hydrogens is 346 g/mol. The summed E-state index contributed by atoms with van der Waals surface area (Å²) in [5.74, 6) is -0.424. The fourth-order valence-corrected chi connectivity index (χ4v) is 2.28. The molecule has 0 radical (unpaired) electrons. The molecule has 0 saturated heterocycles. The molecule has 0 aliphatic rings. The maximum Gasteiger partial charge on any atom is 0.407 e. The van der Waals surface area contributed by atoms with Gasteiger partial charge in [-0.25, -0.2) is 4.79 Å². The Morgan fingerprint density at radius 3 is 2.48 bits per heavy atom. The third-order valence-corrected chi connectivity index (χ3v) is 3.86. The molecule has 148 valence electrons. The first-order chi connectivity index (χ1) is 12.8. The zero-order valence-electron chi connectivity index (χ0n) is 16.2. The van der Waals surface area contributed by atoms with E-state index in [1.165, 1.54) is 6.08 Å². The third-order valence-electron chi connectivity index (χ3n) is 3.86. The highest BCUT2D eigenvalue weighted by atomic mass is 16.5. The Hall–Kier alpha value is -2.83. The van der Waals surface area contributed by atoms with Gasteiger partial charge in [-0.1, -0.05) is 37.3 Å². The summed E-state index contributed by atoms with van der Waals surface area (Å²) in [5, 5.41) is 8.07. The minimum Gasteiger partial charge on any atom is -0.445 e. The van der Waals surface area contributed by atoms with Gasteiger partial charge >= 0.3 is 6.09 Å². The number of carbonyl (C=O) groups is 3. The summed E-state index contributed by atoms with van der Waals surface area (Å²) in [6, 6.07) is 6.80. The predicted octanol–water partition coefficient (Wildman–Crippen LogP) is 2.77. The maximum atomic E-state index is 12.2. The Kier molecular flexibility index (Phi) is 9.64. The van der Waals surface area contributed by atoms with E-state index in [1.54, 1.807) is 6.92 Å². The van der Waals surface area contributed by atoms with Gasteiger partial charge in [0.2, 0.25) is 11.8 Å². The van der Waals surface area contributed by atoms with Crippen LogP contribution in [0.5, 0.6) is 0 Å². The third kappa shape index (κ3) is 9.44. The van der Waals surface area contributed by atoms with Crippen LogP contribution in [0, 0.1) is 12.8 Å². The predicted molar refractivity (Wildman–Crippen MR) is 105 cm³/mol. The number of carbonyl (C=O) groups excluding carboxylic acids is 3. The quantitative estimate of drug-likeness (QED) is 0.548. The highest BCUT2D eigenvalue weighted by Crippen LogP contribution is 2.10. The van der Waals surface area contributed by atoms with Gasteiger partial charge in [-0.2, -0.15) is 0 Å². The first kappa shape index (κ1) is 22.2. The van der Waals surface area contributed by atoms with E-state index in [-0.39, 0.29) is 30.8 Å². The number of ether oxygens (including phenoxy) is 1. The standard InChI is InChI=1S/C20H29N3O4/c1-5-12-27-20(26)21-11-10-15(3)13-18(24)22-16(4)19(25)23-17-8-6-14(2)7-9-17/h5-9,15-16H,1,10-13H2,2-4H3,(H,21,26)(H,22,24)(H,23,25). The van der Waals surface area contributed by atoms with Crippen LogP contribution in [-0.2, 0) is 14.3 Å². The van der Waals surface area contributed by atoms with E-state index in [4.69, 9.17) is 4.74 Å². The molecule has 0 fully saturated rings. The maximum absolute atomic E-state index is 12.2. The lowest BCUT2D eigenvalue weighted by Crippen LogP contribution is -2.42. The minimum atomic E-state index is -0.641. The molecule has 0 aliphatic carbocycles. The number of hydrogen-bond donors (Lipinski definition) is 3. The summed E-state index contributed by atoms with van der Waals surface area (Å²) in [4.78, 5) is 35.5. The zero-order chi connectivity index (χ0) is 20.2. The fraction of sp³-hybridized carbons (Fsp3) is 0.450. The van der Waals surface area contributed by atoms with E-state index >= 15 is 0 Å². The Morgan fingerprint density at radius 1 is 1.19 bits per heavy atom. The second kappa shape index (κ2) is 11.7. The van der Waals surface area contributed by atoms with Crippen LogP contribution in [0.25, 0.3) is 0 Å². The average molecular weight is 375 g/mol. The monoisotopic (exact) mass is 375 g/mol. The highest BCUT2D eigenvalue weighted by Gasteiger charge is 2.17. The largest absolute Gasteiger partial charge is 0.445 e. The van der Waals surface area contributed by atoms with E-state index in [9.17, 15) is 14.4 Å². The Bertz CT molecular complexity index is 643. The van der Waals surface area contributed by atoms with Gasteiger partial charge in [0.1, 0.15) is 12.6 Å². The summed E-state index contributed by atoms with van der Waals surface area (Å²) >= 11 is 0. The fourth-order valence-electron chi connectivity index (χ4n) is 2.28. The van der Waals surface area contributed by atoms with Crippen molar-refractivity contribution in [3.8, 4) is 0 Å². The smallest absolute Gasteiger partial charge is 0.407 e. The van der Waals surface area contributed by atoms with E-state index in [0.717, 1.165) is 5.56 Å². The lowest BCUT2D eigenvalue weighted by Gasteiger charge is -2.16. The van der Waals surface area contributed by atoms with Crippen molar-refractivity contribution in [2.24, 2.45) is 5.92 Å². The van der Waals surface area contributed by atoms with Crippen molar-refractivity contribution < 1.29 is 19.1 Å². The molecule has 0 bridgehead atoms. The van der Waals surface area contributed by atoms with E-state index in [0.29, 0.717) is 18.7 Å². The second-order valence-corrected chi connectivity index (χ2v) is 6.56. The molecule has 0 heterocycles. The zero-order valence-corrected chi connectivity index (χ0v) is 16.2. The van der Waals surface area contributed by atoms with Crippen molar-refractivity contribution in [1.82, 2.24) is 10.6 Å². The van der Waals surface area contributed by atoms with Crippen molar-refractivity contribution in [2.45, 2.75) is 39.7 Å². The van der Waals surface area contributed by atoms with Crippen molar-refractivity contribution >= 4 is 23.6 Å². The molecule has 0 spiro atoms. The topological polar surface area (TPSA) is 96.5 Å². The van der Waals surface area contributed by atoms with Crippen LogP contribution < -0.4 is 16.0 Å². The SMILES string of the molecule is C=CCOC(=O)NCCC(C)CC(=O)NC(C)C(=O)Nc1ccc(C)cc1. The number of amides is 3. The number of rotatable bonds is 10. The molecule has 1 aromatic carbocycles. The normalized spacial score (nSPS) is 12.4. The van der Waals surface area contributed by atoms with E-state index < -0.39 is 12.1 Å². The number of alkyl carbamates (subject to hydrolysis) is 1. The highest BCUT2D eigenvalue weighted by molar-refractivity contribution is 5.96. The van der Waals surface area contributed by atoms with Crippen LogP contribution >= 0.6 is 0 Å². The average Bonchev–Trinajstić information content (AvgIpc) is 2.61. The van der Waals surface area contributed by atoms with Gasteiger partial charge in [0.25, 0.3) is 0 Å². The van der Waals surface area contributed by atoms with Crippen LogP contribution in [0.4, 0.5) is 10.5 Å². The number of aryl methyl sites for hydroxylation is 1. The van der Waals surface area contributed by atoms with Crippen molar-refractivity contribution in [3.63, 3.8) is 0 Å². The Labute approximate surface area is 160 Å². The summed E-state index contributed by atoms with van der Waals surface area (Å²) in [6.07, 6.45) is 1.88. The van der Waals surface area contributed by atoms with Gasteiger partial charge in [0.05, 0.1) is 0 Å². The summed E-state index contributed by atoms with van der Waals surface area (Å²) in [5.41, 5.74) is 1.79. The number of anilines is 1. The van der Waals surface area contributed by atoms with Crippen LogP contribution in [-0.4, -0.2) is 37.1 Å². The molecule has 27 heavy (non-hydrogen) atoms. The van der Waals surface area contributed by atoms with Crippen LogP contribution in [0.1, 0.15) is 32.3 Å². The van der Waals surface area contributed by atoms with Gasteiger partial charge < -0.3 is 20.7 Å². The first-order valence-electron chi connectivity index (χ1n) is 9.00. The van der Waals surface area contributed by atoms with E-state index in [1.807, 2.05) is 38.1 Å².